The first-order valence-electron chi connectivity index (χ1n) is 7.70. The smallest absolute Gasteiger partial charge is 0.251 e. The van der Waals surface area contributed by atoms with Crippen molar-refractivity contribution in [3.63, 3.8) is 0 Å². The molecule has 1 aromatic carbocycles. The lowest BCUT2D eigenvalue weighted by Gasteiger charge is -2.29. The Morgan fingerprint density at radius 2 is 2.30 bits per heavy atom. The van der Waals surface area contributed by atoms with Crippen molar-refractivity contribution in [2.24, 2.45) is 7.05 Å². The zero-order valence-electron chi connectivity index (χ0n) is 13.3. The number of hydrogen-bond acceptors (Lipinski definition) is 3. The number of hydrogen-bond donors (Lipinski definition) is 1. The van der Waals surface area contributed by atoms with Crippen LogP contribution in [0, 0.1) is 12.7 Å². The fourth-order valence-electron chi connectivity index (χ4n) is 2.77. The Hall–Kier alpha value is -2.21. The molecular weight excluding hydrogens is 297 g/mol. The summed E-state index contributed by atoms with van der Waals surface area (Å²) < 4.78 is 21.1. The van der Waals surface area contributed by atoms with Gasteiger partial charge in [-0.2, -0.15) is 5.10 Å². The molecule has 1 fully saturated rings. The van der Waals surface area contributed by atoms with Gasteiger partial charge in [-0.3, -0.25) is 9.48 Å². The molecule has 0 radical (unpaired) electrons. The second-order valence-corrected chi connectivity index (χ2v) is 5.97. The van der Waals surface area contributed by atoms with Crippen LogP contribution in [-0.2, 0) is 11.8 Å². The van der Waals surface area contributed by atoms with Crippen molar-refractivity contribution in [3.05, 3.63) is 53.1 Å². The molecule has 23 heavy (non-hydrogen) atoms. The summed E-state index contributed by atoms with van der Waals surface area (Å²) in [6, 6.07) is 4.55. The average molecular weight is 317 g/mol. The Kier molecular flexibility index (Phi) is 4.43. The molecule has 0 saturated carbocycles. The number of aryl methyl sites for hydroxylation is 2. The zero-order chi connectivity index (χ0) is 16.4. The van der Waals surface area contributed by atoms with Crippen LogP contribution in [-0.4, -0.2) is 28.3 Å². The van der Waals surface area contributed by atoms with Gasteiger partial charge in [-0.15, -0.1) is 0 Å². The quantitative estimate of drug-likeness (QED) is 0.946. The van der Waals surface area contributed by atoms with Gasteiger partial charge in [0, 0.05) is 37.0 Å². The Balaban J connectivity index is 1.65. The van der Waals surface area contributed by atoms with Crippen molar-refractivity contribution in [2.45, 2.75) is 31.9 Å². The molecule has 0 aliphatic carbocycles. The number of benzene rings is 1. The number of aromatic nitrogens is 2. The van der Waals surface area contributed by atoms with Crippen molar-refractivity contribution < 1.29 is 13.9 Å². The number of ether oxygens (including phenoxy) is 1. The molecule has 2 aromatic rings. The third-order valence-electron chi connectivity index (χ3n) is 4.15. The Labute approximate surface area is 134 Å². The number of carbonyl (C=O) groups is 1. The number of nitrogens with one attached hydrogen (secondary N) is 1. The standard InChI is InChI=1S/C17H20FN3O2/c1-11-3-4-12(7-15(11)18)17(22)20-14-5-6-23-16(8-14)13-9-19-21(2)10-13/h3-4,7,9-10,14,16H,5-6,8H2,1-2H3,(H,20,22). The molecule has 3 rings (SSSR count). The van der Waals surface area contributed by atoms with Gasteiger partial charge in [-0.1, -0.05) is 6.07 Å². The molecule has 0 spiro atoms. The Morgan fingerprint density at radius 1 is 1.48 bits per heavy atom. The normalized spacial score (nSPS) is 21.2. The number of rotatable bonds is 3. The molecule has 0 bridgehead atoms. The van der Waals surface area contributed by atoms with Crippen molar-refractivity contribution in [3.8, 4) is 0 Å². The highest BCUT2D eigenvalue weighted by Crippen LogP contribution is 2.27. The van der Waals surface area contributed by atoms with Gasteiger partial charge in [0.2, 0.25) is 0 Å². The summed E-state index contributed by atoms with van der Waals surface area (Å²) in [4.78, 5) is 12.3. The predicted molar refractivity (Wildman–Crippen MR) is 83.5 cm³/mol. The number of halogens is 1. The van der Waals surface area contributed by atoms with Gasteiger partial charge in [-0.05, 0) is 37.5 Å². The second-order valence-electron chi connectivity index (χ2n) is 5.97. The maximum Gasteiger partial charge on any atom is 0.251 e. The maximum absolute atomic E-state index is 13.6. The third-order valence-corrected chi connectivity index (χ3v) is 4.15. The monoisotopic (exact) mass is 317 g/mol. The minimum atomic E-state index is -0.363. The van der Waals surface area contributed by atoms with Gasteiger partial charge in [0.1, 0.15) is 5.82 Å². The van der Waals surface area contributed by atoms with Crippen LogP contribution in [0.3, 0.4) is 0 Å². The summed E-state index contributed by atoms with van der Waals surface area (Å²) >= 11 is 0. The number of nitrogens with zero attached hydrogens (tertiary/aromatic N) is 2. The van der Waals surface area contributed by atoms with E-state index < -0.39 is 0 Å². The summed E-state index contributed by atoms with van der Waals surface area (Å²) in [7, 11) is 1.86. The summed E-state index contributed by atoms with van der Waals surface area (Å²) in [6.45, 7) is 2.25. The van der Waals surface area contributed by atoms with Gasteiger partial charge in [0.05, 0.1) is 12.3 Å². The minimum absolute atomic E-state index is 0.00539. The first kappa shape index (κ1) is 15.7. The average Bonchev–Trinajstić information content (AvgIpc) is 2.97. The highest BCUT2D eigenvalue weighted by atomic mass is 19.1. The highest BCUT2D eigenvalue weighted by Gasteiger charge is 2.26. The summed E-state index contributed by atoms with van der Waals surface area (Å²) in [5.74, 6) is -0.612. The van der Waals surface area contributed by atoms with Crippen molar-refractivity contribution in [2.75, 3.05) is 6.61 Å². The summed E-state index contributed by atoms with van der Waals surface area (Å²) in [5.41, 5.74) is 1.88. The Bertz CT molecular complexity index is 714. The molecular formula is C17H20FN3O2. The van der Waals surface area contributed by atoms with Crippen molar-refractivity contribution in [1.29, 1.82) is 0 Å². The highest BCUT2D eigenvalue weighted by molar-refractivity contribution is 5.94. The van der Waals surface area contributed by atoms with Gasteiger partial charge in [-0.25, -0.2) is 4.39 Å². The zero-order valence-corrected chi connectivity index (χ0v) is 13.3. The molecule has 1 aliphatic heterocycles. The van der Waals surface area contributed by atoms with Crippen LogP contribution in [0.4, 0.5) is 4.39 Å². The van der Waals surface area contributed by atoms with E-state index in [4.69, 9.17) is 4.74 Å². The molecule has 122 valence electrons. The van der Waals surface area contributed by atoms with Crippen LogP contribution in [0.15, 0.2) is 30.6 Å². The minimum Gasteiger partial charge on any atom is -0.373 e. The molecule has 1 amide bonds. The molecule has 2 heterocycles. The summed E-state index contributed by atoms with van der Waals surface area (Å²) in [6.07, 6.45) is 5.06. The predicted octanol–water partition coefficient (Wildman–Crippen LogP) is 2.52. The van der Waals surface area contributed by atoms with E-state index in [9.17, 15) is 9.18 Å². The van der Waals surface area contributed by atoms with E-state index in [2.05, 4.69) is 10.4 Å². The van der Waals surface area contributed by atoms with Crippen LogP contribution in [0.1, 0.15) is 40.4 Å². The number of carbonyl (C=O) groups excluding carboxylic acids is 1. The molecule has 5 nitrogen and oxygen atoms in total. The third kappa shape index (κ3) is 3.59. The van der Waals surface area contributed by atoms with Gasteiger partial charge < -0.3 is 10.1 Å². The van der Waals surface area contributed by atoms with E-state index in [1.807, 2.05) is 13.2 Å². The van der Waals surface area contributed by atoms with Crippen LogP contribution >= 0.6 is 0 Å². The number of amides is 1. The SMILES string of the molecule is Cc1ccc(C(=O)NC2CCOC(c3cnn(C)c3)C2)cc1F. The molecule has 2 unspecified atom stereocenters. The van der Waals surface area contributed by atoms with E-state index >= 15 is 0 Å². The summed E-state index contributed by atoms with van der Waals surface area (Å²) in [5, 5.41) is 7.13. The maximum atomic E-state index is 13.6. The fourth-order valence-corrected chi connectivity index (χ4v) is 2.77. The fraction of sp³-hybridized carbons (Fsp3) is 0.412. The van der Waals surface area contributed by atoms with E-state index in [1.54, 1.807) is 29.9 Å². The van der Waals surface area contributed by atoms with E-state index in [-0.39, 0.29) is 23.9 Å². The van der Waals surface area contributed by atoms with Crippen LogP contribution in [0.2, 0.25) is 0 Å². The molecule has 1 N–H and O–H groups in total. The lowest BCUT2D eigenvalue weighted by molar-refractivity contribution is 0.000864. The molecule has 6 heteroatoms. The lowest BCUT2D eigenvalue weighted by Crippen LogP contribution is -2.39. The first-order valence-corrected chi connectivity index (χ1v) is 7.70. The topological polar surface area (TPSA) is 56.1 Å². The second kappa shape index (κ2) is 6.50. The Morgan fingerprint density at radius 3 is 3.00 bits per heavy atom. The molecule has 2 atom stereocenters. The van der Waals surface area contributed by atoms with E-state index in [0.717, 1.165) is 12.0 Å². The van der Waals surface area contributed by atoms with Gasteiger partial charge >= 0.3 is 0 Å². The lowest BCUT2D eigenvalue weighted by atomic mass is 9.99. The molecule has 1 saturated heterocycles. The van der Waals surface area contributed by atoms with Crippen LogP contribution in [0.25, 0.3) is 0 Å². The van der Waals surface area contributed by atoms with Crippen LogP contribution in [0.5, 0.6) is 0 Å². The molecule has 1 aliphatic rings. The van der Waals surface area contributed by atoms with Crippen molar-refractivity contribution in [1.82, 2.24) is 15.1 Å². The largest absolute Gasteiger partial charge is 0.373 e. The van der Waals surface area contributed by atoms with E-state index in [1.165, 1.54) is 6.07 Å². The van der Waals surface area contributed by atoms with Crippen LogP contribution < -0.4 is 5.32 Å². The van der Waals surface area contributed by atoms with E-state index in [0.29, 0.717) is 24.2 Å². The van der Waals surface area contributed by atoms with Crippen molar-refractivity contribution >= 4 is 5.91 Å². The van der Waals surface area contributed by atoms with Gasteiger partial charge in [0.25, 0.3) is 5.91 Å². The first-order chi connectivity index (χ1) is 11.0. The van der Waals surface area contributed by atoms with Gasteiger partial charge in [0.15, 0.2) is 0 Å². The molecule has 1 aromatic heterocycles.